The van der Waals surface area contributed by atoms with E-state index in [-0.39, 0.29) is 17.9 Å². The smallest absolute Gasteiger partial charge is 0.256 e. The van der Waals surface area contributed by atoms with E-state index in [1.54, 1.807) is 0 Å². The fraction of sp³-hybridized carbons (Fsp3) is 0.429. The Morgan fingerprint density at radius 3 is 2.38 bits per heavy atom. The van der Waals surface area contributed by atoms with Gasteiger partial charge >= 0.3 is 0 Å². The number of hydrogen-bond acceptors (Lipinski definition) is 3. The van der Waals surface area contributed by atoms with E-state index in [2.05, 4.69) is 0 Å². The molecule has 1 fully saturated rings. The average Bonchev–Trinajstić information content (AvgIpc) is 2.45. The molecule has 1 aromatic rings. The lowest BCUT2D eigenvalue weighted by atomic mass is 10.1. The summed E-state index contributed by atoms with van der Waals surface area (Å²) in [4.78, 5) is 26.4. The van der Waals surface area contributed by atoms with E-state index in [0.717, 1.165) is 12.1 Å². The molecule has 1 aliphatic rings. The molecule has 1 aliphatic heterocycles. The van der Waals surface area contributed by atoms with Crippen molar-refractivity contribution >= 4 is 11.8 Å². The van der Waals surface area contributed by atoms with Gasteiger partial charge in [-0.3, -0.25) is 14.5 Å². The lowest BCUT2D eigenvalue weighted by Crippen LogP contribution is -2.49. The first-order valence-corrected chi connectivity index (χ1v) is 6.72. The molecule has 2 N–H and O–H groups in total. The molecule has 0 aromatic heterocycles. The number of carbonyl (C=O) groups is 2. The lowest BCUT2D eigenvalue weighted by Gasteiger charge is -2.34. The van der Waals surface area contributed by atoms with Gasteiger partial charge in [0.25, 0.3) is 5.91 Å². The third kappa shape index (κ3) is 3.98. The van der Waals surface area contributed by atoms with Gasteiger partial charge in [0.05, 0.1) is 5.56 Å². The van der Waals surface area contributed by atoms with Crippen LogP contribution in [0, 0.1) is 11.6 Å². The maximum Gasteiger partial charge on any atom is 0.256 e. The van der Waals surface area contributed by atoms with Crippen LogP contribution >= 0.6 is 0 Å². The predicted molar refractivity (Wildman–Crippen MR) is 72.5 cm³/mol. The number of nitrogens with zero attached hydrogens (tertiary/aromatic N) is 2. The molecular formula is C14H17F2N3O2. The molecule has 0 aliphatic carbocycles. The molecule has 7 heteroatoms. The average molecular weight is 297 g/mol. The fourth-order valence-corrected chi connectivity index (χ4v) is 2.28. The van der Waals surface area contributed by atoms with E-state index >= 15 is 0 Å². The summed E-state index contributed by atoms with van der Waals surface area (Å²) in [6.07, 6.45) is 0.278. The Morgan fingerprint density at radius 2 is 1.81 bits per heavy atom. The van der Waals surface area contributed by atoms with Crippen molar-refractivity contribution in [3.63, 3.8) is 0 Å². The van der Waals surface area contributed by atoms with Gasteiger partial charge in [-0.1, -0.05) is 0 Å². The van der Waals surface area contributed by atoms with Gasteiger partial charge in [-0.2, -0.15) is 0 Å². The van der Waals surface area contributed by atoms with E-state index in [9.17, 15) is 18.4 Å². The van der Waals surface area contributed by atoms with Gasteiger partial charge in [0.1, 0.15) is 11.6 Å². The summed E-state index contributed by atoms with van der Waals surface area (Å²) >= 11 is 0. The van der Waals surface area contributed by atoms with Crippen molar-refractivity contribution in [1.29, 1.82) is 0 Å². The van der Waals surface area contributed by atoms with E-state index in [0.29, 0.717) is 38.8 Å². The highest BCUT2D eigenvalue weighted by atomic mass is 19.1. The first-order valence-electron chi connectivity index (χ1n) is 6.72. The zero-order valence-electron chi connectivity index (χ0n) is 11.5. The van der Waals surface area contributed by atoms with Crippen LogP contribution in [-0.4, -0.2) is 54.3 Å². The van der Waals surface area contributed by atoms with E-state index in [4.69, 9.17) is 5.73 Å². The fourth-order valence-electron chi connectivity index (χ4n) is 2.28. The minimum absolute atomic E-state index is 0.123. The Hall–Kier alpha value is -2.02. The molecular weight excluding hydrogens is 280 g/mol. The molecule has 2 rings (SSSR count). The van der Waals surface area contributed by atoms with Crippen molar-refractivity contribution in [2.45, 2.75) is 6.42 Å². The summed E-state index contributed by atoms with van der Waals surface area (Å²) in [6.45, 7) is 2.63. The van der Waals surface area contributed by atoms with Gasteiger partial charge in [-0.15, -0.1) is 0 Å². The zero-order chi connectivity index (χ0) is 15.4. The summed E-state index contributed by atoms with van der Waals surface area (Å²) in [5.74, 6) is -2.36. The minimum Gasteiger partial charge on any atom is -0.370 e. The van der Waals surface area contributed by atoms with E-state index < -0.39 is 17.5 Å². The second-order valence-electron chi connectivity index (χ2n) is 4.97. The standard InChI is InChI=1S/C14H17F2N3O2/c15-10-1-2-11(12(16)9-10)14(21)19-7-5-18(6-8-19)4-3-13(17)20/h1-2,9H,3-8H2,(H2,17,20). The summed E-state index contributed by atoms with van der Waals surface area (Å²) < 4.78 is 26.4. The molecule has 5 nitrogen and oxygen atoms in total. The summed E-state index contributed by atoms with van der Waals surface area (Å²) in [7, 11) is 0. The predicted octanol–water partition coefficient (Wildman–Crippen LogP) is 0.598. The maximum atomic E-state index is 13.6. The molecule has 1 saturated heterocycles. The first kappa shape index (κ1) is 15.4. The first-order chi connectivity index (χ1) is 9.97. The summed E-state index contributed by atoms with van der Waals surface area (Å²) in [5.41, 5.74) is 4.96. The molecule has 0 unspecified atom stereocenters. The van der Waals surface area contributed by atoms with Crippen molar-refractivity contribution in [2.24, 2.45) is 5.73 Å². The number of amides is 2. The molecule has 0 spiro atoms. The van der Waals surface area contributed by atoms with Gasteiger partial charge < -0.3 is 10.6 Å². The molecule has 0 atom stereocenters. The number of carbonyl (C=O) groups excluding carboxylic acids is 2. The summed E-state index contributed by atoms with van der Waals surface area (Å²) in [6, 6.07) is 2.93. The Kier molecular flexibility index (Phi) is 4.85. The molecule has 2 amide bonds. The van der Waals surface area contributed by atoms with E-state index in [1.807, 2.05) is 4.90 Å². The number of hydrogen-bond donors (Lipinski definition) is 1. The summed E-state index contributed by atoms with van der Waals surface area (Å²) in [5, 5.41) is 0. The van der Waals surface area contributed by atoms with Crippen LogP contribution in [0.2, 0.25) is 0 Å². The second-order valence-corrected chi connectivity index (χ2v) is 4.97. The van der Waals surface area contributed by atoms with Crippen molar-refractivity contribution in [2.75, 3.05) is 32.7 Å². The van der Waals surface area contributed by atoms with Crippen LogP contribution in [0.15, 0.2) is 18.2 Å². The Morgan fingerprint density at radius 1 is 1.14 bits per heavy atom. The zero-order valence-corrected chi connectivity index (χ0v) is 11.5. The Balaban J connectivity index is 1.92. The molecule has 0 radical (unpaired) electrons. The van der Waals surface area contributed by atoms with Crippen LogP contribution < -0.4 is 5.73 Å². The Labute approximate surface area is 121 Å². The number of primary amides is 1. The third-order valence-corrected chi connectivity index (χ3v) is 3.50. The Bertz CT molecular complexity index is 543. The number of nitrogens with two attached hydrogens (primary N) is 1. The van der Waals surface area contributed by atoms with Gasteiger partial charge in [0, 0.05) is 45.2 Å². The monoisotopic (exact) mass is 297 g/mol. The largest absolute Gasteiger partial charge is 0.370 e. The van der Waals surface area contributed by atoms with Crippen LogP contribution in [0.1, 0.15) is 16.8 Å². The maximum absolute atomic E-state index is 13.6. The molecule has 1 heterocycles. The number of benzene rings is 1. The highest BCUT2D eigenvalue weighted by molar-refractivity contribution is 5.94. The van der Waals surface area contributed by atoms with Gasteiger partial charge in [-0.05, 0) is 12.1 Å². The van der Waals surface area contributed by atoms with Gasteiger partial charge in [-0.25, -0.2) is 8.78 Å². The number of piperazine rings is 1. The minimum atomic E-state index is -0.851. The lowest BCUT2D eigenvalue weighted by molar-refractivity contribution is -0.118. The second kappa shape index (κ2) is 6.62. The van der Waals surface area contributed by atoms with Crippen molar-refractivity contribution < 1.29 is 18.4 Å². The highest BCUT2D eigenvalue weighted by Crippen LogP contribution is 2.14. The molecule has 1 aromatic carbocycles. The van der Waals surface area contributed by atoms with Crippen LogP contribution in [0.3, 0.4) is 0 Å². The molecule has 0 bridgehead atoms. The number of rotatable bonds is 4. The van der Waals surface area contributed by atoms with Crippen LogP contribution in [-0.2, 0) is 4.79 Å². The van der Waals surface area contributed by atoms with E-state index in [1.165, 1.54) is 4.90 Å². The number of halogens is 2. The quantitative estimate of drug-likeness (QED) is 0.885. The topological polar surface area (TPSA) is 66.6 Å². The molecule has 21 heavy (non-hydrogen) atoms. The molecule has 0 saturated carbocycles. The normalized spacial score (nSPS) is 16.0. The highest BCUT2D eigenvalue weighted by Gasteiger charge is 2.24. The van der Waals surface area contributed by atoms with Crippen molar-refractivity contribution in [3.8, 4) is 0 Å². The van der Waals surface area contributed by atoms with Gasteiger partial charge in [0.15, 0.2) is 0 Å². The SMILES string of the molecule is NC(=O)CCN1CCN(C(=O)c2ccc(F)cc2F)CC1. The van der Waals surface area contributed by atoms with Crippen LogP contribution in [0.25, 0.3) is 0 Å². The van der Waals surface area contributed by atoms with Crippen molar-refractivity contribution in [1.82, 2.24) is 9.80 Å². The molecule has 114 valence electrons. The van der Waals surface area contributed by atoms with Crippen molar-refractivity contribution in [3.05, 3.63) is 35.4 Å². The van der Waals surface area contributed by atoms with Crippen LogP contribution in [0.5, 0.6) is 0 Å². The van der Waals surface area contributed by atoms with Crippen LogP contribution in [0.4, 0.5) is 8.78 Å². The van der Waals surface area contributed by atoms with Gasteiger partial charge in [0.2, 0.25) is 5.91 Å². The third-order valence-electron chi connectivity index (χ3n) is 3.50.